The molecule has 0 radical (unpaired) electrons. The Labute approximate surface area is 110 Å². The molecule has 1 atom stereocenters. The van der Waals surface area contributed by atoms with Crippen molar-refractivity contribution in [2.75, 3.05) is 7.11 Å². The van der Waals surface area contributed by atoms with E-state index in [1.165, 1.54) is 7.11 Å². The van der Waals surface area contributed by atoms with Gasteiger partial charge in [-0.1, -0.05) is 12.1 Å². The number of methoxy groups -OCH3 is 1. The predicted octanol–water partition coefficient (Wildman–Crippen LogP) is 1.44. The summed E-state index contributed by atoms with van der Waals surface area (Å²) in [6.45, 7) is 1.67. The molecule has 1 aromatic carbocycles. The molecule has 1 aromatic rings. The highest BCUT2D eigenvalue weighted by Gasteiger charge is 2.32. The lowest BCUT2D eigenvalue weighted by molar-refractivity contribution is -0.136. The second kappa shape index (κ2) is 5.14. The minimum atomic E-state index is -0.467. The van der Waals surface area contributed by atoms with Crippen LogP contribution in [0.5, 0.6) is 5.75 Å². The van der Waals surface area contributed by atoms with Crippen LogP contribution in [0.25, 0.3) is 0 Å². The molecule has 5 heteroatoms. The summed E-state index contributed by atoms with van der Waals surface area (Å²) in [6.07, 6.45) is 0.158. The topological polar surface area (TPSA) is 75.6 Å². The van der Waals surface area contributed by atoms with Gasteiger partial charge in [0.15, 0.2) is 0 Å². The van der Waals surface area contributed by atoms with E-state index in [1.807, 2.05) is 0 Å². The molecule has 0 saturated carbocycles. The molecule has 2 N–H and O–H groups in total. The van der Waals surface area contributed by atoms with E-state index in [2.05, 4.69) is 5.32 Å². The van der Waals surface area contributed by atoms with Gasteiger partial charge < -0.3 is 15.2 Å². The van der Waals surface area contributed by atoms with Gasteiger partial charge in [-0.2, -0.15) is 0 Å². The Balaban J connectivity index is 2.49. The highest BCUT2D eigenvalue weighted by Crippen LogP contribution is 2.34. The van der Waals surface area contributed by atoms with Gasteiger partial charge in [0.2, 0.25) is 5.91 Å². The Kier molecular flexibility index (Phi) is 3.55. The molecule has 0 aliphatic carbocycles. The zero-order valence-corrected chi connectivity index (χ0v) is 10.8. The summed E-state index contributed by atoms with van der Waals surface area (Å²) in [5.41, 5.74) is 1.64. The monoisotopic (exact) mass is 261 g/mol. The fourth-order valence-electron chi connectivity index (χ4n) is 2.31. The van der Waals surface area contributed by atoms with E-state index < -0.39 is 11.9 Å². The van der Waals surface area contributed by atoms with Gasteiger partial charge in [-0.15, -0.1) is 0 Å². The number of ether oxygens (including phenoxy) is 1. The van der Waals surface area contributed by atoms with Gasteiger partial charge in [0.25, 0.3) is 0 Å². The molecule has 1 aliphatic heterocycles. The molecule has 100 valence electrons. The molecule has 0 saturated heterocycles. The second-order valence-corrected chi connectivity index (χ2v) is 4.43. The molecule has 1 heterocycles. The quantitative estimate of drug-likeness (QED) is 0.790. The van der Waals surface area contributed by atoms with Gasteiger partial charge in [-0.05, 0) is 24.6 Å². The SMILES string of the molecule is COC(=O)C1=C(C)NC(=O)C[C@@H]1c1cccc(O)c1. The lowest BCUT2D eigenvalue weighted by Crippen LogP contribution is -2.33. The number of esters is 1. The minimum Gasteiger partial charge on any atom is -0.508 e. The van der Waals surface area contributed by atoms with Crippen LogP contribution in [0.2, 0.25) is 0 Å². The average molecular weight is 261 g/mol. The van der Waals surface area contributed by atoms with E-state index in [1.54, 1.807) is 31.2 Å². The Morgan fingerprint density at radius 2 is 2.21 bits per heavy atom. The van der Waals surface area contributed by atoms with Crippen molar-refractivity contribution in [2.24, 2.45) is 0 Å². The smallest absolute Gasteiger partial charge is 0.336 e. The Morgan fingerprint density at radius 3 is 2.84 bits per heavy atom. The fraction of sp³-hybridized carbons (Fsp3) is 0.286. The van der Waals surface area contributed by atoms with Crippen LogP contribution >= 0.6 is 0 Å². The van der Waals surface area contributed by atoms with Crippen LogP contribution in [0.3, 0.4) is 0 Å². The van der Waals surface area contributed by atoms with Gasteiger partial charge in [-0.25, -0.2) is 4.79 Å². The molecule has 0 aromatic heterocycles. The lowest BCUT2D eigenvalue weighted by atomic mass is 9.84. The molecule has 0 spiro atoms. The number of aromatic hydroxyl groups is 1. The van der Waals surface area contributed by atoms with Gasteiger partial charge in [0, 0.05) is 18.0 Å². The number of hydrogen-bond acceptors (Lipinski definition) is 4. The van der Waals surface area contributed by atoms with E-state index in [0.29, 0.717) is 11.3 Å². The van der Waals surface area contributed by atoms with Crippen LogP contribution in [0.1, 0.15) is 24.8 Å². The van der Waals surface area contributed by atoms with E-state index >= 15 is 0 Å². The number of nitrogens with one attached hydrogen (secondary N) is 1. The summed E-state index contributed by atoms with van der Waals surface area (Å²) < 4.78 is 4.77. The normalized spacial score (nSPS) is 19.1. The fourth-order valence-corrected chi connectivity index (χ4v) is 2.31. The zero-order chi connectivity index (χ0) is 14.0. The third-order valence-corrected chi connectivity index (χ3v) is 3.15. The summed E-state index contributed by atoms with van der Waals surface area (Å²) in [7, 11) is 1.30. The molecule has 0 bridgehead atoms. The number of phenolic OH excluding ortho intramolecular Hbond substituents is 1. The van der Waals surface area contributed by atoms with Crippen LogP contribution in [0.4, 0.5) is 0 Å². The summed E-state index contributed by atoms with van der Waals surface area (Å²) in [5, 5.41) is 12.2. The second-order valence-electron chi connectivity index (χ2n) is 4.43. The average Bonchev–Trinajstić information content (AvgIpc) is 2.37. The molecular formula is C14H15NO4. The summed E-state index contributed by atoms with van der Waals surface area (Å²) in [4.78, 5) is 23.5. The largest absolute Gasteiger partial charge is 0.508 e. The Morgan fingerprint density at radius 1 is 1.47 bits per heavy atom. The number of phenols is 1. The zero-order valence-electron chi connectivity index (χ0n) is 10.8. The number of hydrogen-bond donors (Lipinski definition) is 2. The number of carbonyl (C=O) groups is 2. The van der Waals surface area contributed by atoms with Crippen molar-refractivity contribution in [3.63, 3.8) is 0 Å². The summed E-state index contributed by atoms with van der Waals surface area (Å²) in [5.74, 6) is -0.914. The molecular weight excluding hydrogens is 246 g/mol. The first-order valence-corrected chi connectivity index (χ1v) is 5.90. The third-order valence-electron chi connectivity index (χ3n) is 3.15. The molecule has 2 rings (SSSR count). The van der Waals surface area contributed by atoms with Gasteiger partial charge in [0.1, 0.15) is 5.75 Å². The van der Waals surface area contributed by atoms with Crippen LogP contribution in [-0.2, 0) is 14.3 Å². The van der Waals surface area contributed by atoms with Gasteiger partial charge >= 0.3 is 5.97 Å². The van der Waals surface area contributed by atoms with Crippen molar-refractivity contribution in [1.82, 2.24) is 5.32 Å². The molecule has 1 aliphatic rings. The first kappa shape index (κ1) is 13.1. The molecule has 19 heavy (non-hydrogen) atoms. The third kappa shape index (κ3) is 2.59. The molecule has 0 fully saturated rings. The number of benzene rings is 1. The first-order chi connectivity index (χ1) is 9.02. The maximum atomic E-state index is 11.9. The standard InChI is InChI=1S/C14H15NO4/c1-8-13(14(18)19-2)11(7-12(17)15-8)9-4-3-5-10(16)6-9/h3-6,11,16H,7H2,1-2H3,(H,15,17)/t11-/m1/s1. The van der Waals surface area contributed by atoms with Crippen molar-refractivity contribution in [2.45, 2.75) is 19.3 Å². The number of allylic oxidation sites excluding steroid dienone is 1. The summed E-state index contributed by atoms with van der Waals surface area (Å²) >= 11 is 0. The van der Waals surface area contributed by atoms with Crippen LogP contribution in [0.15, 0.2) is 35.5 Å². The predicted molar refractivity (Wildman–Crippen MR) is 68.3 cm³/mol. The van der Waals surface area contributed by atoms with Crippen molar-refractivity contribution in [1.29, 1.82) is 0 Å². The Hall–Kier alpha value is -2.30. The molecule has 1 amide bonds. The maximum Gasteiger partial charge on any atom is 0.336 e. The van der Waals surface area contributed by atoms with Crippen LogP contribution < -0.4 is 5.32 Å². The van der Waals surface area contributed by atoms with E-state index in [9.17, 15) is 14.7 Å². The van der Waals surface area contributed by atoms with Crippen molar-refractivity contribution in [3.8, 4) is 5.75 Å². The van der Waals surface area contributed by atoms with E-state index in [-0.39, 0.29) is 18.1 Å². The molecule has 5 nitrogen and oxygen atoms in total. The van der Waals surface area contributed by atoms with E-state index in [4.69, 9.17) is 4.74 Å². The summed E-state index contributed by atoms with van der Waals surface area (Å²) in [6, 6.07) is 6.56. The lowest BCUT2D eigenvalue weighted by Gasteiger charge is -2.26. The first-order valence-electron chi connectivity index (χ1n) is 5.90. The van der Waals surface area contributed by atoms with Gasteiger partial charge in [0.05, 0.1) is 12.7 Å². The minimum absolute atomic E-state index is 0.102. The highest BCUT2D eigenvalue weighted by atomic mass is 16.5. The van der Waals surface area contributed by atoms with Crippen molar-refractivity contribution in [3.05, 3.63) is 41.1 Å². The number of rotatable bonds is 2. The highest BCUT2D eigenvalue weighted by molar-refractivity contribution is 5.95. The van der Waals surface area contributed by atoms with Crippen LogP contribution in [-0.4, -0.2) is 24.1 Å². The Bertz CT molecular complexity index is 562. The van der Waals surface area contributed by atoms with Crippen molar-refractivity contribution >= 4 is 11.9 Å². The van der Waals surface area contributed by atoms with Gasteiger partial charge in [-0.3, -0.25) is 4.79 Å². The number of amides is 1. The van der Waals surface area contributed by atoms with Crippen LogP contribution in [0, 0.1) is 0 Å². The molecule has 0 unspecified atom stereocenters. The van der Waals surface area contributed by atoms with Crippen molar-refractivity contribution < 1.29 is 19.4 Å². The maximum absolute atomic E-state index is 11.9. The van der Waals surface area contributed by atoms with E-state index in [0.717, 1.165) is 5.56 Å². The number of carbonyl (C=O) groups excluding carboxylic acids is 2.